The van der Waals surface area contributed by atoms with E-state index in [4.69, 9.17) is 0 Å². The van der Waals surface area contributed by atoms with Crippen LogP contribution in [0.2, 0.25) is 0 Å². The van der Waals surface area contributed by atoms with Crippen molar-refractivity contribution in [3.8, 4) is 5.75 Å². The number of benzene rings is 1. The maximum atomic E-state index is 9.78. The van der Waals surface area contributed by atoms with Gasteiger partial charge in [0.05, 0.1) is 0 Å². The highest BCUT2D eigenvalue weighted by Gasteiger charge is 2.38. The Balaban J connectivity index is 0.00000176. The van der Waals surface area contributed by atoms with E-state index in [-0.39, 0.29) is 17.8 Å². The minimum atomic E-state index is 0. The molecule has 124 valence electrons. The standard InChI is InChI=1S/C19H29NO.ClH/c1-15-13-20(14-16-6-3-4-7-16)11-10-19(15,2)17-8-5-9-18(21)12-17;/h5,8-9,12,15-16,21H,3-4,6-7,10-11,13-14H2,1-2H3;1H. The van der Waals surface area contributed by atoms with Crippen molar-refractivity contribution < 1.29 is 5.11 Å². The van der Waals surface area contributed by atoms with E-state index < -0.39 is 0 Å². The lowest BCUT2D eigenvalue weighted by Gasteiger charge is -2.45. The molecule has 1 heterocycles. The second kappa shape index (κ2) is 7.23. The van der Waals surface area contributed by atoms with E-state index in [0.29, 0.717) is 11.7 Å². The van der Waals surface area contributed by atoms with Gasteiger partial charge in [-0.1, -0.05) is 38.8 Å². The third kappa shape index (κ3) is 3.60. The third-order valence-corrected chi connectivity index (χ3v) is 6.06. The van der Waals surface area contributed by atoms with Crippen LogP contribution in [-0.2, 0) is 5.41 Å². The zero-order valence-electron chi connectivity index (χ0n) is 13.9. The quantitative estimate of drug-likeness (QED) is 0.878. The lowest BCUT2D eigenvalue weighted by molar-refractivity contribution is 0.0972. The van der Waals surface area contributed by atoms with Crippen LogP contribution in [0.4, 0.5) is 0 Å². The van der Waals surface area contributed by atoms with E-state index in [1.54, 1.807) is 6.07 Å². The average molecular weight is 324 g/mol. The molecule has 0 spiro atoms. The van der Waals surface area contributed by atoms with Gasteiger partial charge in [-0.15, -0.1) is 12.4 Å². The second-order valence-corrected chi connectivity index (χ2v) is 7.53. The van der Waals surface area contributed by atoms with Gasteiger partial charge in [0, 0.05) is 13.1 Å². The molecule has 2 fully saturated rings. The van der Waals surface area contributed by atoms with Gasteiger partial charge in [0.2, 0.25) is 0 Å². The van der Waals surface area contributed by atoms with Gasteiger partial charge in [-0.05, 0) is 60.8 Å². The lowest BCUT2D eigenvalue weighted by Crippen LogP contribution is -2.48. The number of hydrogen-bond donors (Lipinski definition) is 1. The molecule has 3 rings (SSSR count). The maximum Gasteiger partial charge on any atom is 0.115 e. The number of likely N-dealkylation sites (tertiary alicyclic amines) is 1. The zero-order chi connectivity index (χ0) is 14.9. The number of rotatable bonds is 3. The van der Waals surface area contributed by atoms with E-state index >= 15 is 0 Å². The van der Waals surface area contributed by atoms with Crippen LogP contribution in [0.1, 0.15) is 51.5 Å². The molecule has 2 atom stereocenters. The van der Waals surface area contributed by atoms with Crippen LogP contribution >= 0.6 is 12.4 Å². The molecule has 2 aliphatic rings. The molecule has 1 aliphatic heterocycles. The van der Waals surface area contributed by atoms with Crippen LogP contribution in [0, 0.1) is 11.8 Å². The maximum absolute atomic E-state index is 9.78. The molecule has 0 aromatic heterocycles. The number of piperidine rings is 1. The molecule has 1 saturated heterocycles. The van der Waals surface area contributed by atoms with Crippen molar-refractivity contribution in [2.24, 2.45) is 11.8 Å². The fourth-order valence-electron chi connectivity index (χ4n) is 4.33. The molecular weight excluding hydrogens is 294 g/mol. The monoisotopic (exact) mass is 323 g/mol. The van der Waals surface area contributed by atoms with Gasteiger partial charge in [0.25, 0.3) is 0 Å². The molecular formula is C19H30ClNO. The third-order valence-electron chi connectivity index (χ3n) is 6.06. The Bertz CT molecular complexity index is 486. The van der Waals surface area contributed by atoms with Crippen molar-refractivity contribution >= 4 is 12.4 Å². The van der Waals surface area contributed by atoms with Gasteiger partial charge in [0.15, 0.2) is 0 Å². The number of phenolic OH excluding ortho intramolecular Hbond substituents is 1. The first kappa shape index (κ1) is 17.6. The second-order valence-electron chi connectivity index (χ2n) is 7.53. The highest BCUT2D eigenvalue weighted by Crippen LogP contribution is 2.40. The summed E-state index contributed by atoms with van der Waals surface area (Å²) in [5.74, 6) is 1.98. The molecule has 2 unspecified atom stereocenters. The van der Waals surface area contributed by atoms with Crippen molar-refractivity contribution in [2.75, 3.05) is 19.6 Å². The van der Waals surface area contributed by atoms with Crippen LogP contribution in [0.5, 0.6) is 5.75 Å². The minimum Gasteiger partial charge on any atom is -0.508 e. The average Bonchev–Trinajstić information content (AvgIpc) is 2.96. The van der Waals surface area contributed by atoms with Crippen molar-refractivity contribution in [3.05, 3.63) is 29.8 Å². The molecule has 1 aliphatic carbocycles. The lowest BCUT2D eigenvalue weighted by atomic mass is 9.68. The van der Waals surface area contributed by atoms with Crippen LogP contribution < -0.4 is 0 Å². The summed E-state index contributed by atoms with van der Waals surface area (Å²) in [6.07, 6.45) is 6.96. The van der Waals surface area contributed by atoms with Crippen molar-refractivity contribution in [3.63, 3.8) is 0 Å². The molecule has 22 heavy (non-hydrogen) atoms. The Morgan fingerprint density at radius 3 is 2.64 bits per heavy atom. The zero-order valence-corrected chi connectivity index (χ0v) is 14.7. The van der Waals surface area contributed by atoms with Crippen LogP contribution in [-0.4, -0.2) is 29.6 Å². The van der Waals surface area contributed by atoms with Crippen LogP contribution in [0.3, 0.4) is 0 Å². The topological polar surface area (TPSA) is 23.5 Å². The first-order valence-electron chi connectivity index (χ1n) is 8.60. The molecule has 3 heteroatoms. The van der Waals surface area contributed by atoms with E-state index in [9.17, 15) is 5.11 Å². The Hall–Kier alpha value is -0.730. The Morgan fingerprint density at radius 2 is 2.00 bits per heavy atom. The Morgan fingerprint density at radius 1 is 1.27 bits per heavy atom. The molecule has 1 N–H and O–H groups in total. The van der Waals surface area contributed by atoms with Gasteiger partial charge in [0.1, 0.15) is 5.75 Å². The van der Waals surface area contributed by atoms with E-state index in [1.165, 1.54) is 57.3 Å². The highest BCUT2D eigenvalue weighted by molar-refractivity contribution is 5.85. The fraction of sp³-hybridized carbons (Fsp3) is 0.684. The summed E-state index contributed by atoms with van der Waals surface area (Å²) in [5.41, 5.74) is 1.50. The predicted molar refractivity (Wildman–Crippen MR) is 94.9 cm³/mol. The van der Waals surface area contributed by atoms with Gasteiger partial charge in [-0.2, -0.15) is 0 Å². The van der Waals surface area contributed by atoms with Crippen molar-refractivity contribution in [2.45, 2.75) is 51.4 Å². The molecule has 1 aromatic carbocycles. The van der Waals surface area contributed by atoms with Crippen molar-refractivity contribution in [1.82, 2.24) is 4.90 Å². The smallest absolute Gasteiger partial charge is 0.115 e. The summed E-state index contributed by atoms with van der Waals surface area (Å²) in [6, 6.07) is 7.90. The highest BCUT2D eigenvalue weighted by atomic mass is 35.5. The molecule has 0 radical (unpaired) electrons. The molecule has 0 bridgehead atoms. The Kier molecular flexibility index (Phi) is 5.79. The van der Waals surface area contributed by atoms with Gasteiger partial charge >= 0.3 is 0 Å². The summed E-state index contributed by atoms with van der Waals surface area (Å²) in [6.45, 7) is 8.46. The summed E-state index contributed by atoms with van der Waals surface area (Å²) in [5, 5.41) is 9.78. The molecule has 1 saturated carbocycles. The van der Waals surface area contributed by atoms with Gasteiger partial charge in [-0.3, -0.25) is 0 Å². The molecule has 1 aromatic rings. The van der Waals surface area contributed by atoms with Crippen LogP contribution in [0.25, 0.3) is 0 Å². The van der Waals surface area contributed by atoms with E-state index in [2.05, 4.69) is 24.8 Å². The minimum absolute atomic E-state index is 0. The fourth-order valence-corrected chi connectivity index (χ4v) is 4.33. The number of halogens is 1. The van der Waals surface area contributed by atoms with Crippen molar-refractivity contribution in [1.29, 1.82) is 0 Å². The summed E-state index contributed by atoms with van der Waals surface area (Å²) < 4.78 is 0. The SMILES string of the molecule is CC1CN(CC2CCCC2)CCC1(C)c1cccc(O)c1.Cl. The first-order chi connectivity index (χ1) is 10.1. The predicted octanol–water partition coefficient (Wildman–Crippen LogP) is 4.60. The van der Waals surface area contributed by atoms with E-state index in [0.717, 1.165) is 5.92 Å². The number of hydrogen-bond acceptors (Lipinski definition) is 2. The van der Waals surface area contributed by atoms with Gasteiger partial charge in [-0.25, -0.2) is 0 Å². The Labute approximate surface area is 141 Å². The molecule has 0 amide bonds. The van der Waals surface area contributed by atoms with Crippen LogP contribution in [0.15, 0.2) is 24.3 Å². The number of phenols is 1. The summed E-state index contributed by atoms with van der Waals surface area (Å²) >= 11 is 0. The van der Waals surface area contributed by atoms with Gasteiger partial charge < -0.3 is 10.0 Å². The normalized spacial score (nSPS) is 30.2. The largest absolute Gasteiger partial charge is 0.508 e. The summed E-state index contributed by atoms with van der Waals surface area (Å²) in [7, 11) is 0. The summed E-state index contributed by atoms with van der Waals surface area (Å²) in [4.78, 5) is 2.69. The first-order valence-corrected chi connectivity index (χ1v) is 8.60. The number of aromatic hydroxyl groups is 1. The number of nitrogens with zero attached hydrogens (tertiary/aromatic N) is 1. The van der Waals surface area contributed by atoms with E-state index in [1.807, 2.05) is 12.1 Å². The molecule has 2 nitrogen and oxygen atoms in total.